The average molecular weight is 272 g/mol. The Balaban J connectivity index is 3.24. The molecule has 1 aromatic carbocycles. The SMILES string of the molecule is CC(=O)c1cc(OC(F)(F)F)ccc1C(F)(F)F. The lowest BCUT2D eigenvalue weighted by molar-refractivity contribution is -0.274. The third-order valence-corrected chi connectivity index (χ3v) is 1.91. The second kappa shape index (κ2) is 4.51. The lowest BCUT2D eigenvalue weighted by atomic mass is 10.0. The van der Waals surface area contributed by atoms with Crippen molar-refractivity contribution in [3.05, 3.63) is 29.3 Å². The summed E-state index contributed by atoms with van der Waals surface area (Å²) in [5.41, 5.74) is -2.17. The maximum absolute atomic E-state index is 12.5. The molecule has 8 heteroatoms. The Kier molecular flexibility index (Phi) is 3.59. The molecule has 0 fully saturated rings. The summed E-state index contributed by atoms with van der Waals surface area (Å²) >= 11 is 0. The van der Waals surface area contributed by atoms with Gasteiger partial charge in [-0.15, -0.1) is 13.2 Å². The first-order chi connectivity index (χ1) is 8.00. The van der Waals surface area contributed by atoms with Crippen molar-refractivity contribution >= 4 is 5.78 Å². The molecule has 0 heterocycles. The highest BCUT2D eigenvalue weighted by molar-refractivity contribution is 5.96. The molecule has 2 nitrogen and oxygen atoms in total. The van der Waals surface area contributed by atoms with E-state index in [0.29, 0.717) is 18.2 Å². The van der Waals surface area contributed by atoms with E-state index in [1.54, 1.807) is 0 Å². The van der Waals surface area contributed by atoms with Crippen molar-refractivity contribution in [3.8, 4) is 5.75 Å². The number of Topliss-reactive ketones (excluding diaryl/α,β-unsaturated/α-hetero) is 1. The van der Waals surface area contributed by atoms with Crippen LogP contribution in [0.1, 0.15) is 22.8 Å². The fourth-order valence-corrected chi connectivity index (χ4v) is 1.26. The molecule has 0 bridgehead atoms. The molecule has 0 radical (unpaired) electrons. The minimum atomic E-state index is -5.03. The molecule has 0 N–H and O–H groups in total. The van der Waals surface area contributed by atoms with Crippen molar-refractivity contribution in [2.75, 3.05) is 0 Å². The van der Waals surface area contributed by atoms with Crippen LogP contribution in [0.4, 0.5) is 26.3 Å². The number of hydrogen-bond donors (Lipinski definition) is 0. The van der Waals surface area contributed by atoms with Crippen LogP contribution in [-0.4, -0.2) is 12.1 Å². The largest absolute Gasteiger partial charge is 0.573 e. The Morgan fingerprint density at radius 1 is 1.11 bits per heavy atom. The number of carbonyl (C=O) groups is 1. The lowest BCUT2D eigenvalue weighted by Crippen LogP contribution is -2.18. The molecule has 0 saturated heterocycles. The van der Waals surface area contributed by atoms with Crippen molar-refractivity contribution in [3.63, 3.8) is 0 Å². The zero-order valence-electron chi connectivity index (χ0n) is 8.82. The van der Waals surface area contributed by atoms with Crippen LogP contribution in [-0.2, 0) is 6.18 Å². The molecular formula is C10H6F6O2. The van der Waals surface area contributed by atoms with E-state index in [2.05, 4.69) is 4.74 Å². The van der Waals surface area contributed by atoms with Gasteiger partial charge >= 0.3 is 12.5 Å². The molecule has 0 atom stereocenters. The summed E-state index contributed by atoms with van der Waals surface area (Å²) in [6.45, 7) is 0.821. The smallest absolute Gasteiger partial charge is 0.406 e. The molecule has 0 aliphatic heterocycles. The van der Waals surface area contributed by atoms with Gasteiger partial charge in [0.2, 0.25) is 0 Å². The van der Waals surface area contributed by atoms with Gasteiger partial charge in [0.25, 0.3) is 0 Å². The summed E-state index contributed by atoms with van der Waals surface area (Å²) in [4.78, 5) is 11.0. The van der Waals surface area contributed by atoms with E-state index < -0.39 is 35.2 Å². The third kappa shape index (κ3) is 3.64. The van der Waals surface area contributed by atoms with E-state index >= 15 is 0 Å². The van der Waals surface area contributed by atoms with Crippen LogP contribution in [0.3, 0.4) is 0 Å². The van der Waals surface area contributed by atoms with Gasteiger partial charge in [-0.1, -0.05) is 0 Å². The van der Waals surface area contributed by atoms with Gasteiger partial charge in [-0.2, -0.15) is 13.2 Å². The van der Waals surface area contributed by atoms with E-state index in [9.17, 15) is 31.1 Å². The zero-order chi connectivity index (χ0) is 14.1. The number of ketones is 1. The summed E-state index contributed by atoms with van der Waals surface area (Å²) in [5, 5.41) is 0. The van der Waals surface area contributed by atoms with E-state index in [1.165, 1.54) is 0 Å². The van der Waals surface area contributed by atoms with Crippen molar-refractivity contribution in [1.82, 2.24) is 0 Å². The Morgan fingerprint density at radius 2 is 1.67 bits per heavy atom. The van der Waals surface area contributed by atoms with Gasteiger partial charge < -0.3 is 4.74 Å². The summed E-state index contributed by atoms with van der Waals surface area (Å²) in [7, 11) is 0. The summed E-state index contributed by atoms with van der Waals surface area (Å²) < 4.78 is 76.5. The second-order valence-electron chi connectivity index (χ2n) is 3.31. The van der Waals surface area contributed by atoms with Crippen LogP contribution >= 0.6 is 0 Å². The predicted molar refractivity (Wildman–Crippen MR) is 48.1 cm³/mol. The molecule has 18 heavy (non-hydrogen) atoms. The minimum absolute atomic E-state index is 0.373. The topological polar surface area (TPSA) is 26.3 Å². The Morgan fingerprint density at radius 3 is 2.06 bits per heavy atom. The van der Waals surface area contributed by atoms with Gasteiger partial charge in [0, 0.05) is 5.56 Å². The molecule has 1 aromatic rings. The second-order valence-corrected chi connectivity index (χ2v) is 3.31. The number of ether oxygens (including phenoxy) is 1. The summed E-state index contributed by atoms with van der Waals surface area (Å²) in [6, 6.07) is 1.29. The fourth-order valence-electron chi connectivity index (χ4n) is 1.26. The summed E-state index contributed by atoms with van der Waals surface area (Å²) in [6.07, 6.45) is -9.86. The summed E-state index contributed by atoms with van der Waals surface area (Å²) in [5.74, 6) is -1.88. The van der Waals surface area contributed by atoms with Gasteiger partial charge in [0.1, 0.15) is 5.75 Å². The van der Waals surface area contributed by atoms with Crippen molar-refractivity contribution < 1.29 is 35.9 Å². The van der Waals surface area contributed by atoms with Gasteiger partial charge in [-0.05, 0) is 25.1 Å². The highest BCUT2D eigenvalue weighted by Gasteiger charge is 2.36. The van der Waals surface area contributed by atoms with Crippen LogP contribution in [0, 0.1) is 0 Å². The Hall–Kier alpha value is -1.73. The van der Waals surface area contributed by atoms with E-state index in [4.69, 9.17) is 0 Å². The van der Waals surface area contributed by atoms with Crippen molar-refractivity contribution in [2.45, 2.75) is 19.5 Å². The maximum Gasteiger partial charge on any atom is 0.573 e. The molecule has 1 rings (SSSR count). The molecule has 0 spiro atoms. The monoisotopic (exact) mass is 272 g/mol. The lowest BCUT2D eigenvalue weighted by Gasteiger charge is -2.14. The van der Waals surface area contributed by atoms with Crippen molar-refractivity contribution in [2.24, 2.45) is 0 Å². The number of halogens is 6. The van der Waals surface area contributed by atoms with E-state index in [0.717, 1.165) is 6.92 Å². The van der Waals surface area contributed by atoms with Crippen LogP contribution in [0.15, 0.2) is 18.2 Å². The number of rotatable bonds is 2. The Labute approximate surface area is 97.2 Å². The first-order valence-electron chi connectivity index (χ1n) is 4.48. The number of alkyl halides is 6. The normalized spacial score (nSPS) is 12.4. The minimum Gasteiger partial charge on any atom is -0.406 e. The van der Waals surface area contributed by atoms with Crippen LogP contribution in [0.5, 0.6) is 5.75 Å². The maximum atomic E-state index is 12.5. The van der Waals surface area contributed by atoms with E-state index in [1.807, 2.05) is 0 Å². The highest BCUT2D eigenvalue weighted by atomic mass is 19.4. The fraction of sp³-hybridized carbons (Fsp3) is 0.300. The van der Waals surface area contributed by atoms with Crippen LogP contribution in [0.25, 0.3) is 0 Å². The molecule has 0 aromatic heterocycles. The molecule has 100 valence electrons. The quantitative estimate of drug-likeness (QED) is 0.604. The van der Waals surface area contributed by atoms with Crippen LogP contribution in [0.2, 0.25) is 0 Å². The standard InChI is InChI=1S/C10H6F6O2/c1-5(17)7-4-6(18-10(14,15)16)2-3-8(7)9(11,12)13/h2-4H,1H3. The number of carbonyl (C=O) groups excluding carboxylic acids is 1. The third-order valence-electron chi connectivity index (χ3n) is 1.91. The van der Waals surface area contributed by atoms with E-state index in [-0.39, 0.29) is 0 Å². The molecule has 0 aliphatic rings. The Bertz CT molecular complexity index is 460. The molecule has 0 saturated carbocycles. The zero-order valence-corrected chi connectivity index (χ0v) is 8.82. The number of benzene rings is 1. The van der Waals surface area contributed by atoms with Gasteiger partial charge in [0.05, 0.1) is 5.56 Å². The first-order valence-corrected chi connectivity index (χ1v) is 4.48. The molecule has 0 aliphatic carbocycles. The number of hydrogen-bond acceptors (Lipinski definition) is 2. The molecular weight excluding hydrogens is 266 g/mol. The van der Waals surface area contributed by atoms with Gasteiger partial charge in [-0.3, -0.25) is 4.79 Å². The molecule has 0 amide bonds. The van der Waals surface area contributed by atoms with Crippen LogP contribution < -0.4 is 4.74 Å². The van der Waals surface area contributed by atoms with Crippen molar-refractivity contribution in [1.29, 1.82) is 0 Å². The average Bonchev–Trinajstić information content (AvgIpc) is 2.12. The highest BCUT2D eigenvalue weighted by Crippen LogP contribution is 2.35. The first kappa shape index (κ1) is 14.3. The predicted octanol–water partition coefficient (Wildman–Crippen LogP) is 3.81. The van der Waals surface area contributed by atoms with Gasteiger partial charge in [-0.25, -0.2) is 0 Å². The molecule has 0 unspecified atom stereocenters. The van der Waals surface area contributed by atoms with Gasteiger partial charge in [0.15, 0.2) is 5.78 Å².